The van der Waals surface area contributed by atoms with Crippen LogP contribution in [-0.2, 0) is 21.6 Å². The van der Waals surface area contributed by atoms with Crippen molar-refractivity contribution in [1.82, 2.24) is 15.2 Å². The summed E-state index contributed by atoms with van der Waals surface area (Å²) in [5.41, 5.74) is 5.21. The number of hydrogen-bond donors (Lipinski definition) is 3. The molecule has 2 unspecified atom stereocenters. The Hall–Kier alpha value is -3.75. The van der Waals surface area contributed by atoms with Crippen molar-refractivity contribution < 1.29 is 14.6 Å². The van der Waals surface area contributed by atoms with Gasteiger partial charge in [-0.15, -0.1) is 0 Å². The molecule has 0 bridgehead atoms. The molecule has 182 valence electrons. The third kappa shape index (κ3) is 3.40. The molecule has 2 aliphatic heterocycles. The molecule has 2 aromatic heterocycles. The number of aromatic nitrogens is 3. The number of hydrogen-bond acceptors (Lipinski definition) is 6. The first-order valence-corrected chi connectivity index (χ1v) is 12.5. The highest BCUT2D eigenvalue weighted by Gasteiger charge is 2.65. The van der Waals surface area contributed by atoms with E-state index >= 15 is 0 Å². The van der Waals surface area contributed by atoms with Crippen molar-refractivity contribution in [3.05, 3.63) is 71.9 Å². The minimum Gasteiger partial charge on any atom is -0.393 e. The molecule has 7 rings (SSSR count). The molecule has 3 N–H and O–H groups in total. The number of aromatic amines is 1. The summed E-state index contributed by atoms with van der Waals surface area (Å²) in [7, 11) is 0. The Kier molecular flexibility index (Phi) is 4.87. The molecule has 1 amide bonds. The number of ether oxygens (including phenoxy) is 1. The van der Waals surface area contributed by atoms with Gasteiger partial charge in [0.2, 0.25) is 5.91 Å². The number of H-pyrrole nitrogens is 1. The topological polar surface area (TPSA) is 103 Å². The number of aliphatic hydroxyl groups excluding tert-OH is 1. The Labute approximate surface area is 208 Å². The standard InChI is InChI=1S/C28H27N5O3/c34-19-9-11-33(12-10-19)25-8-6-18(15-29-25)26-20-7-5-17(13-23(20)31-32-26)16-36-24-14-28(24)21-3-1-2-4-22(21)30-27(28)35/h1-8,13,15,19,24,34H,9-12,14,16H2,(H,30,35)(H,31,32). The lowest BCUT2D eigenvalue weighted by Crippen LogP contribution is -2.36. The number of carbonyl (C=O) groups excluding carboxylic acids is 1. The number of fused-ring (bicyclic) bond motifs is 3. The van der Waals surface area contributed by atoms with Gasteiger partial charge in [-0.2, -0.15) is 5.10 Å². The van der Waals surface area contributed by atoms with Gasteiger partial charge < -0.3 is 20.1 Å². The summed E-state index contributed by atoms with van der Waals surface area (Å²) < 4.78 is 6.20. The molecule has 4 heterocycles. The normalized spacial score (nSPS) is 23.3. The van der Waals surface area contributed by atoms with Gasteiger partial charge in [-0.3, -0.25) is 9.89 Å². The quantitative estimate of drug-likeness (QED) is 0.401. The monoisotopic (exact) mass is 481 g/mol. The number of carbonyl (C=O) groups is 1. The summed E-state index contributed by atoms with van der Waals surface area (Å²) >= 11 is 0. The summed E-state index contributed by atoms with van der Waals surface area (Å²) in [5, 5.41) is 21.5. The predicted octanol–water partition coefficient (Wildman–Crippen LogP) is 3.77. The summed E-state index contributed by atoms with van der Waals surface area (Å²) in [6.45, 7) is 2.08. The fourth-order valence-electron chi connectivity index (χ4n) is 5.68. The third-order valence-electron chi connectivity index (χ3n) is 7.85. The van der Waals surface area contributed by atoms with Gasteiger partial charge in [0.25, 0.3) is 0 Å². The second-order valence-corrected chi connectivity index (χ2v) is 10.1. The van der Waals surface area contributed by atoms with E-state index in [1.807, 2.05) is 36.5 Å². The molecule has 2 aromatic carbocycles. The van der Waals surface area contributed by atoms with E-state index in [2.05, 4.69) is 49.7 Å². The van der Waals surface area contributed by atoms with E-state index in [0.717, 1.165) is 70.7 Å². The molecule has 1 aliphatic carbocycles. The van der Waals surface area contributed by atoms with Gasteiger partial charge in [0.1, 0.15) is 16.9 Å². The van der Waals surface area contributed by atoms with Crippen LogP contribution in [0.15, 0.2) is 60.8 Å². The molecule has 8 nitrogen and oxygen atoms in total. The average molecular weight is 482 g/mol. The predicted molar refractivity (Wildman–Crippen MR) is 137 cm³/mol. The highest BCUT2D eigenvalue weighted by Crippen LogP contribution is 2.56. The number of rotatable bonds is 5. The van der Waals surface area contributed by atoms with E-state index in [4.69, 9.17) is 4.74 Å². The van der Waals surface area contributed by atoms with Crippen LogP contribution in [-0.4, -0.2) is 51.5 Å². The van der Waals surface area contributed by atoms with Gasteiger partial charge in [0.05, 0.1) is 24.3 Å². The maximum Gasteiger partial charge on any atom is 0.237 e. The molecule has 2 atom stereocenters. The van der Waals surface area contributed by atoms with Gasteiger partial charge in [0, 0.05) is 35.9 Å². The Morgan fingerprint density at radius 3 is 2.81 bits per heavy atom. The largest absolute Gasteiger partial charge is 0.393 e. The number of nitrogens with one attached hydrogen (secondary N) is 2. The van der Waals surface area contributed by atoms with Gasteiger partial charge in [0.15, 0.2) is 0 Å². The first-order valence-electron chi connectivity index (χ1n) is 12.5. The zero-order chi connectivity index (χ0) is 24.3. The Morgan fingerprint density at radius 1 is 1.11 bits per heavy atom. The lowest BCUT2D eigenvalue weighted by molar-refractivity contribution is -0.119. The van der Waals surface area contributed by atoms with Crippen molar-refractivity contribution in [3.63, 3.8) is 0 Å². The Bertz CT molecular complexity index is 1460. The van der Waals surface area contributed by atoms with Crippen LogP contribution in [0, 0.1) is 0 Å². The van der Waals surface area contributed by atoms with E-state index < -0.39 is 5.41 Å². The first-order chi connectivity index (χ1) is 17.6. The maximum absolute atomic E-state index is 12.7. The molecular weight excluding hydrogens is 454 g/mol. The minimum absolute atomic E-state index is 0.0415. The fourth-order valence-corrected chi connectivity index (χ4v) is 5.68. The van der Waals surface area contributed by atoms with Crippen molar-refractivity contribution in [2.24, 2.45) is 0 Å². The smallest absolute Gasteiger partial charge is 0.237 e. The zero-order valence-electron chi connectivity index (χ0n) is 19.8. The van der Waals surface area contributed by atoms with Gasteiger partial charge in [-0.1, -0.05) is 30.3 Å². The first kappa shape index (κ1) is 21.5. The number of pyridine rings is 1. The van der Waals surface area contributed by atoms with E-state index in [-0.39, 0.29) is 18.1 Å². The second kappa shape index (κ2) is 8.15. The summed E-state index contributed by atoms with van der Waals surface area (Å²) in [5.74, 6) is 0.973. The van der Waals surface area contributed by atoms with Crippen molar-refractivity contribution in [3.8, 4) is 11.3 Å². The van der Waals surface area contributed by atoms with Crippen LogP contribution in [0.5, 0.6) is 0 Å². The minimum atomic E-state index is -0.533. The van der Waals surface area contributed by atoms with Crippen molar-refractivity contribution in [2.45, 2.75) is 43.5 Å². The number of aliphatic hydroxyl groups is 1. The van der Waals surface area contributed by atoms with E-state index in [1.54, 1.807) is 0 Å². The molecule has 0 radical (unpaired) electrons. The van der Waals surface area contributed by atoms with E-state index in [1.165, 1.54) is 0 Å². The van der Waals surface area contributed by atoms with Crippen LogP contribution in [0.25, 0.3) is 22.2 Å². The number of benzene rings is 2. The molecular formula is C28H27N5O3. The molecule has 1 saturated carbocycles. The van der Waals surface area contributed by atoms with Crippen molar-refractivity contribution in [1.29, 1.82) is 0 Å². The number of nitrogens with zero attached hydrogens (tertiary/aromatic N) is 3. The SMILES string of the molecule is O=C1Nc2ccccc2C12CC2OCc1ccc2c(-c3ccc(N4CCC(O)CC4)nc3)n[nH]c2c1. The van der Waals surface area contributed by atoms with Crippen LogP contribution in [0.4, 0.5) is 11.5 Å². The van der Waals surface area contributed by atoms with Crippen LogP contribution in [0.3, 0.4) is 0 Å². The number of para-hydroxylation sites is 1. The molecule has 1 spiro atoms. The number of anilines is 2. The fraction of sp³-hybridized carbons (Fsp3) is 0.321. The Balaban J connectivity index is 1.05. The lowest BCUT2D eigenvalue weighted by atomic mass is 9.97. The van der Waals surface area contributed by atoms with Crippen LogP contribution in [0.2, 0.25) is 0 Å². The third-order valence-corrected chi connectivity index (χ3v) is 7.85. The summed E-state index contributed by atoms with van der Waals surface area (Å²) in [4.78, 5) is 19.5. The lowest BCUT2D eigenvalue weighted by Gasteiger charge is -2.30. The van der Waals surface area contributed by atoms with Gasteiger partial charge >= 0.3 is 0 Å². The summed E-state index contributed by atoms with van der Waals surface area (Å²) in [6, 6.07) is 18.1. The molecule has 4 aromatic rings. The van der Waals surface area contributed by atoms with Gasteiger partial charge in [-0.25, -0.2) is 4.98 Å². The van der Waals surface area contributed by atoms with Crippen LogP contribution >= 0.6 is 0 Å². The average Bonchev–Trinajstić information content (AvgIpc) is 3.38. The molecule has 1 saturated heterocycles. The van der Waals surface area contributed by atoms with Crippen molar-refractivity contribution in [2.75, 3.05) is 23.3 Å². The zero-order valence-corrected chi connectivity index (χ0v) is 19.8. The number of amides is 1. The molecule has 36 heavy (non-hydrogen) atoms. The van der Waals surface area contributed by atoms with Crippen LogP contribution in [0.1, 0.15) is 30.4 Å². The molecule has 8 heteroatoms. The number of piperidine rings is 1. The summed E-state index contributed by atoms with van der Waals surface area (Å²) in [6.07, 6.45) is 3.83. The highest BCUT2D eigenvalue weighted by molar-refractivity contribution is 6.09. The van der Waals surface area contributed by atoms with Crippen LogP contribution < -0.4 is 10.2 Å². The van der Waals surface area contributed by atoms with E-state index in [0.29, 0.717) is 13.0 Å². The highest BCUT2D eigenvalue weighted by atomic mass is 16.5. The Morgan fingerprint density at radius 2 is 1.97 bits per heavy atom. The molecule has 2 fully saturated rings. The maximum atomic E-state index is 12.7. The second-order valence-electron chi connectivity index (χ2n) is 10.1. The van der Waals surface area contributed by atoms with Crippen molar-refractivity contribution >= 4 is 28.3 Å². The van der Waals surface area contributed by atoms with Gasteiger partial charge in [-0.05, 0) is 54.7 Å². The molecule has 3 aliphatic rings. The van der Waals surface area contributed by atoms with E-state index in [9.17, 15) is 9.90 Å².